The molecule has 0 aliphatic carbocycles. The third kappa shape index (κ3) is 9.22. The smallest absolute Gasteiger partial charge is 0.0551 e. The van der Waals surface area contributed by atoms with Gasteiger partial charge in [-0.25, -0.2) is 0 Å². The van der Waals surface area contributed by atoms with E-state index in [1.807, 2.05) is 39.8 Å². The van der Waals surface area contributed by atoms with Gasteiger partial charge in [-0.15, -0.1) is 12.6 Å². The van der Waals surface area contributed by atoms with Gasteiger partial charge >= 0.3 is 0 Å². The highest BCUT2D eigenvalue weighted by Gasteiger charge is 1.81. The van der Waals surface area contributed by atoms with Gasteiger partial charge in [-0.3, -0.25) is 9.98 Å². The lowest BCUT2D eigenvalue weighted by molar-refractivity contribution is 1.28. The molecule has 0 heterocycles. The Morgan fingerprint density at radius 2 is 1.87 bits per heavy atom. The van der Waals surface area contributed by atoms with Crippen molar-refractivity contribution in [2.45, 2.75) is 27.7 Å². The summed E-state index contributed by atoms with van der Waals surface area (Å²) in [4.78, 5) is 9.16. The predicted molar refractivity (Wildman–Crippen MR) is 72.9 cm³/mol. The van der Waals surface area contributed by atoms with Gasteiger partial charge in [0.15, 0.2) is 0 Å². The monoisotopic (exact) mass is 222 g/mol. The fraction of sp³-hybridized carbons (Fsp3) is 0.333. The molecule has 0 N–H and O–H groups in total. The van der Waals surface area contributed by atoms with Gasteiger partial charge in [0.05, 0.1) is 5.70 Å². The second-order valence-corrected chi connectivity index (χ2v) is 3.86. The van der Waals surface area contributed by atoms with Crippen molar-refractivity contribution < 1.29 is 0 Å². The largest absolute Gasteiger partial charge is 0.265 e. The van der Waals surface area contributed by atoms with Gasteiger partial charge in [0, 0.05) is 18.6 Å². The molecule has 0 amide bonds. The summed E-state index contributed by atoms with van der Waals surface area (Å²) in [6.45, 7) is 7.74. The number of allylic oxidation sites excluding steroid dienone is 5. The normalized spacial score (nSPS) is 15.7. The third-order valence-electron chi connectivity index (χ3n) is 1.45. The topological polar surface area (TPSA) is 24.7 Å². The molecule has 0 unspecified atom stereocenters. The molecule has 2 nitrogen and oxygen atoms in total. The average molecular weight is 222 g/mol. The van der Waals surface area contributed by atoms with Gasteiger partial charge < -0.3 is 0 Å². The second-order valence-electron chi connectivity index (χ2n) is 3.15. The van der Waals surface area contributed by atoms with E-state index in [2.05, 4.69) is 22.6 Å². The molecule has 15 heavy (non-hydrogen) atoms. The Bertz CT molecular complexity index is 330. The molecular weight excluding hydrogens is 204 g/mol. The van der Waals surface area contributed by atoms with Crippen LogP contribution in [0.2, 0.25) is 0 Å². The van der Waals surface area contributed by atoms with Crippen LogP contribution in [-0.2, 0) is 0 Å². The van der Waals surface area contributed by atoms with E-state index in [1.54, 1.807) is 18.6 Å². The second kappa shape index (κ2) is 8.24. The standard InChI is InChI=1S/C12H18N2S/c1-5-14-11(3)9-13-7-6-10(2)8-12(4)15/h5-9,15H,1-4H3/b10-6+,11-9+,12-8+,13-7-,14-5-. The molecule has 0 rings (SSSR count). The van der Waals surface area contributed by atoms with Gasteiger partial charge in [0.25, 0.3) is 0 Å². The van der Waals surface area contributed by atoms with Gasteiger partial charge in [-0.2, -0.15) is 0 Å². The maximum atomic E-state index is 4.19. The quantitative estimate of drug-likeness (QED) is 0.425. The van der Waals surface area contributed by atoms with Crippen LogP contribution in [0.15, 0.2) is 44.5 Å². The highest BCUT2D eigenvalue weighted by atomic mass is 32.1. The van der Waals surface area contributed by atoms with Crippen molar-refractivity contribution in [3.05, 3.63) is 34.5 Å². The van der Waals surface area contributed by atoms with Gasteiger partial charge in [-0.05, 0) is 44.2 Å². The number of hydrogen-bond donors (Lipinski definition) is 1. The van der Waals surface area contributed by atoms with Crippen LogP contribution in [0.5, 0.6) is 0 Å². The number of aliphatic imine (C=N–C) groups is 2. The fourth-order valence-corrected chi connectivity index (χ4v) is 1.13. The van der Waals surface area contributed by atoms with Crippen LogP contribution in [0.25, 0.3) is 0 Å². The number of rotatable bonds is 4. The first kappa shape index (κ1) is 13.9. The van der Waals surface area contributed by atoms with E-state index in [0.29, 0.717) is 0 Å². The SMILES string of the molecule is C\C=N/C(C)=C/N=C\C=C(C)\C=C(/C)S. The minimum atomic E-state index is 0.890. The van der Waals surface area contributed by atoms with Crippen LogP contribution in [0.3, 0.4) is 0 Å². The Morgan fingerprint density at radius 3 is 2.40 bits per heavy atom. The van der Waals surface area contributed by atoms with Crippen molar-refractivity contribution in [1.29, 1.82) is 0 Å². The molecule has 0 aromatic rings. The summed E-state index contributed by atoms with van der Waals surface area (Å²) in [5.74, 6) is 0. The molecule has 0 radical (unpaired) electrons. The Balaban J connectivity index is 4.32. The minimum Gasteiger partial charge on any atom is -0.265 e. The lowest BCUT2D eigenvalue weighted by atomic mass is 10.2. The van der Waals surface area contributed by atoms with Crippen molar-refractivity contribution >= 4 is 25.1 Å². The molecule has 0 atom stereocenters. The van der Waals surface area contributed by atoms with Crippen molar-refractivity contribution in [3.63, 3.8) is 0 Å². The fourth-order valence-electron chi connectivity index (χ4n) is 0.926. The summed E-state index contributed by atoms with van der Waals surface area (Å²) < 4.78 is 0. The Kier molecular flexibility index (Phi) is 7.64. The first-order chi connectivity index (χ1) is 7.06. The van der Waals surface area contributed by atoms with Crippen LogP contribution >= 0.6 is 12.6 Å². The molecule has 3 heteroatoms. The zero-order valence-corrected chi connectivity index (χ0v) is 10.6. The van der Waals surface area contributed by atoms with Crippen LogP contribution in [-0.4, -0.2) is 12.4 Å². The van der Waals surface area contributed by atoms with Crippen LogP contribution in [0.4, 0.5) is 0 Å². The maximum Gasteiger partial charge on any atom is 0.0551 e. The lowest BCUT2D eigenvalue weighted by Gasteiger charge is -1.89. The summed E-state index contributed by atoms with van der Waals surface area (Å²) in [7, 11) is 0. The zero-order chi connectivity index (χ0) is 11.7. The number of hydrogen-bond acceptors (Lipinski definition) is 3. The van der Waals surface area contributed by atoms with Gasteiger partial charge in [-0.1, -0.05) is 6.08 Å². The summed E-state index contributed by atoms with van der Waals surface area (Å²) in [6, 6.07) is 0. The molecule has 0 aliphatic heterocycles. The van der Waals surface area contributed by atoms with E-state index in [4.69, 9.17) is 0 Å². The van der Waals surface area contributed by atoms with Crippen molar-refractivity contribution in [2.75, 3.05) is 0 Å². The van der Waals surface area contributed by atoms with E-state index >= 15 is 0 Å². The first-order valence-electron chi connectivity index (χ1n) is 4.79. The minimum absolute atomic E-state index is 0.890. The lowest BCUT2D eigenvalue weighted by Crippen LogP contribution is -1.73. The van der Waals surface area contributed by atoms with E-state index in [1.165, 1.54) is 0 Å². The van der Waals surface area contributed by atoms with Crippen LogP contribution in [0, 0.1) is 0 Å². The van der Waals surface area contributed by atoms with Crippen molar-refractivity contribution in [2.24, 2.45) is 9.98 Å². The molecule has 0 aliphatic rings. The van der Waals surface area contributed by atoms with Crippen molar-refractivity contribution in [1.82, 2.24) is 0 Å². The highest BCUT2D eigenvalue weighted by molar-refractivity contribution is 7.84. The molecule has 0 aromatic carbocycles. The van der Waals surface area contributed by atoms with E-state index in [9.17, 15) is 0 Å². The van der Waals surface area contributed by atoms with Gasteiger partial charge in [0.1, 0.15) is 0 Å². The molecule has 0 aromatic heterocycles. The van der Waals surface area contributed by atoms with E-state index in [0.717, 1.165) is 16.2 Å². The summed E-state index contributed by atoms with van der Waals surface area (Å²) in [5, 5.41) is 0. The molecular formula is C12H18N2S. The molecule has 0 saturated carbocycles. The number of nitrogens with zero attached hydrogens (tertiary/aromatic N) is 2. The van der Waals surface area contributed by atoms with E-state index < -0.39 is 0 Å². The summed E-state index contributed by atoms with van der Waals surface area (Å²) >= 11 is 4.19. The van der Waals surface area contributed by atoms with E-state index in [-0.39, 0.29) is 0 Å². The summed E-state index contributed by atoms with van der Waals surface area (Å²) in [5.41, 5.74) is 2.01. The Morgan fingerprint density at radius 1 is 1.20 bits per heavy atom. The molecule has 0 fully saturated rings. The van der Waals surface area contributed by atoms with Gasteiger partial charge in [0.2, 0.25) is 0 Å². The maximum absolute atomic E-state index is 4.19. The zero-order valence-electron chi connectivity index (χ0n) is 9.73. The number of thiol groups is 1. The van der Waals surface area contributed by atoms with Crippen molar-refractivity contribution in [3.8, 4) is 0 Å². The predicted octanol–water partition coefficient (Wildman–Crippen LogP) is 3.79. The molecule has 0 saturated heterocycles. The summed E-state index contributed by atoms with van der Waals surface area (Å²) in [6.07, 6.45) is 9.13. The average Bonchev–Trinajstić information content (AvgIpc) is 2.12. The molecule has 0 bridgehead atoms. The molecule has 82 valence electrons. The highest BCUT2D eigenvalue weighted by Crippen LogP contribution is 2.03. The Labute approximate surface area is 97.6 Å². The van der Waals surface area contributed by atoms with Crippen LogP contribution < -0.4 is 0 Å². The van der Waals surface area contributed by atoms with Crippen LogP contribution in [0.1, 0.15) is 27.7 Å². The molecule has 0 spiro atoms. The Hall–Kier alpha value is -1.09. The third-order valence-corrected chi connectivity index (χ3v) is 1.58. The first-order valence-corrected chi connectivity index (χ1v) is 5.23.